The number of nitrogens with one attached hydrogen (secondary N) is 4. The van der Waals surface area contributed by atoms with Crippen molar-refractivity contribution in [2.24, 2.45) is 0 Å². The second-order valence-corrected chi connectivity index (χ2v) is 6.65. The van der Waals surface area contributed by atoms with Gasteiger partial charge in [0.15, 0.2) is 0 Å². The number of carbonyl (C=O) groups is 4. The standard InChI is InChI=1S/C16H20N4O4S/c1-10-3-2-4-12(7-10)17-13(21)8-25-9-14(22)19-20-16(24)15(23)18-11-5-6-11/h2-4,7,11H,5-6,8-9H2,1H3,(H,17,21)(H,18,23)(H,19,22)(H,20,24). The minimum Gasteiger partial charge on any atom is -0.345 e. The first-order valence-corrected chi connectivity index (χ1v) is 8.93. The third-order valence-corrected chi connectivity index (χ3v) is 4.14. The molecule has 4 amide bonds. The molecule has 1 aliphatic carbocycles. The molecule has 1 fully saturated rings. The Morgan fingerprint density at radius 1 is 1.04 bits per heavy atom. The number of aryl methyl sites for hydroxylation is 1. The third-order valence-electron chi connectivity index (χ3n) is 3.20. The van der Waals surface area contributed by atoms with E-state index in [1.165, 1.54) is 0 Å². The molecule has 0 bridgehead atoms. The molecule has 1 aromatic rings. The van der Waals surface area contributed by atoms with E-state index in [4.69, 9.17) is 0 Å². The molecule has 1 aliphatic rings. The van der Waals surface area contributed by atoms with Crippen LogP contribution in [-0.4, -0.2) is 41.2 Å². The Balaban J connectivity index is 1.58. The average Bonchev–Trinajstić information content (AvgIpc) is 3.36. The second kappa shape index (κ2) is 9.07. The topological polar surface area (TPSA) is 116 Å². The van der Waals surface area contributed by atoms with Crippen molar-refractivity contribution in [1.29, 1.82) is 0 Å². The lowest BCUT2D eigenvalue weighted by Gasteiger charge is -2.08. The third kappa shape index (κ3) is 7.25. The minimum absolute atomic E-state index is 0.0221. The van der Waals surface area contributed by atoms with Crippen LogP contribution in [0.15, 0.2) is 24.3 Å². The molecule has 4 N–H and O–H groups in total. The van der Waals surface area contributed by atoms with Crippen LogP contribution in [0.3, 0.4) is 0 Å². The van der Waals surface area contributed by atoms with Crippen LogP contribution in [0.4, 0.5) is 5.69 Å². The van der Waals surface area contributed by atoms with Crippen molar-refractivity contribution < 1.29 is 19.2 Å². The summed E-state index contributed by atoms with van der Waals surface area (Å²) < 4.78 is 0. The lowest BCUT2D eigenvalue weighted by Crippen LogP contribution is -2.49. The zero-order valence-electron chi connectivity index (χ0n) is 13.8. The van der Waals surface area contributed by atoms with Crippen LogP contribution in [0.1, 0.15) is 18.4 Å². The van der Waals surface area contributed by atoms with Gasteiger partial charge in [-0.1, -0.05) is 12.1 Å². The van der Waals surface area contributed by atoms with E-state index in [0.29, 0.717) is 5.69 Å². The molecule has 0 atom stereocenters. The van der Waals surface area contributed by atoms with Crippen molar-refractivity contribution in [3.05, 3.63) is 29.8 Å². The van der Waals surface area contributed by atoms with Gasteiger partial charge in [0, 0.05) is 11.7 Å². The quantitative estimate of drug-likeness (QED) is 0.422. The Labute approximate surface area is 149 Å². The Kier molecular flexibility index (Phi) is 6.81. The van der Waals surface area contributed by atoms with Crippen LogP contribution in [0.25, 0.3) is 0 Å². The molecule has 134 valence electrons. The van der Waals surface area contributed by atoms with Crippen LogP contribution in [0.2, 0.25) is 0 Å². The SMILES string of the molecule is Cc1cccc(NC(=O)CSCC(=O)NNC(=O)C(=O)NC2CC2)c1. The predicted molar refractivity (Wildman–Crippen MR) is 94.6 cm³/mol. The number of thioether (sulfide) groups is 1. The number of amides is 4. The normalized spacial score (nSPS) is 12.8. The number of hydrogen-bond donors (Lipinski definition) is 4. The summed E-state index contributed by atoms with van der Waals surface area (Å²) in [7, 11) is 0. The van der Waals surface area contributed by atoms with Crippen molar-refractivity contribution in [3.63, 3.8) is 0 Å². The van der Waals surface area contributed by atoms with E-state index in [2.05, 4.69) is 16.1 Å². The average molecular weight is 364 g/mol. The van der Waals surface area contributed by atoms with Crippen LogP contribution < -0.4 is 21.5 Å². The number of hydrogen-bond acceptors (Lipinski definition) is 5. The van der Waals surface area contributed by atoms with Crippen LogP contribution in [-0.2, 0) is 19.2 Å². The summed E-state index contributed by atoms with van der Waals surface area (Å²) in [6.07, 6.45) is 1.74. The van der Waals surface area contributed by atoms with Gasteiger partial charge in [0.1, 0.15) is 0 Å². The fraction of sp³-hybridized carbons (Fsp3) is 0.375. The number of benzene rings is 1. The van der Waals surface area contributed by atoms with Gasteiger partial charge in [-0.3, -0.25) is 30.0 Å². The van der Waals surface area contributed by atoms with E-state index in [1.807, 2.05) is 30.5 Å². The highest BCUT2D eigenvalue weighted by Gasteiger charge is 2.26. The molecule has 0 aliphatic heterocycles. The fourth-order valence-electron chi connectivity index (χ4n) is 1.85. The maximum atomic E-state index is 11.8. The highest BCUT2D eigenvalue weighted by molar-refractivity contribution is 8.00. The van der Waals surface area contributed by atoms with Gasteiger partial charge in [0.25, 0.3) is 0 Å². The summed E-state index contributed by atoms with van der Waals surface area (Å²) in [6, 6.07) is 7.46. The first-order chi connectivity index (χ1) is 11.9. The molecule has 0 unspecified atom stereocenters. The molecule has 2 rings (SSSR count). The summed E-state index contributed by atoms with van der Waals surface area (Å²) in [5.41, 5.74) is 5.90. The second-order valence-electron chi connectivity index (χ2n) is 5.66. The first-order valence-electron chi connectivity index (χ1n) is 7.78. The number of carbonyl (C=O) groups excluding carboxylic acids is 4. The summed E-state index contributed by atoms with van der Waals surface area (Å²) >= 11 is 1.10. The van der Waals surface area contributed by atoms with E-state index < -0.39 is 17.7 Å². The highest BCUT2D eigenvalue weighted by Crippen LogP contribution is 2.18. The summed E-state index contributed by atoms with van der Waals surface area (Å²) in [6.45, 7) is 1.92. The Morgan fingerprint density at radius 2 is 1.76 bits per heavy atom. The molecule has 0 saturated heterocycles. The van der Waals surface area contributed by atoms with E-state index in [-0.39, 0.29) is 23.5 Å². The maximum absolute atomic E-state index is 11.8. The van der Waals surface area contributed by atoms with Gasteiger partial charge in [-0.2, -0.15) is 0 Å². The summed E-state index contributed by atoms with van der Waals surface area (Å²) in [4.78, 5) is 46.2. The number of anilines is 1. The van der Waals surface area contributed by atoms with Gasteiger partial charge in [-0.25, -0.2) is 0 Å². The number of rotatable bonds is 6. The van der Waals surface area contributed by atoms with Crippen molar-refractivity contribution in [3.8, 4) is 0 Å². The Bertz CT molecular complexity index is 676. The van der Waals surface area contributed by atoms with E-state index in [1.54, 1.807) is 6.07 Å². The summed E-state index contributed by atoms with van der Waals surface area (Å²) in [5.74, 6) is -2.34. The monoisotopic (exact) mass is 364 g/mol. The van der Waals surface area contributed by atoms with E-state index >= 15 is 0 Å². The lowest BCUT2D eigenvalue weighted by atomic mass is 10.2. The van der Waals surface area contributed by atoms with Gasteiger partial charge >= 0.3 is 11.8 Å². The summed E-state index contributed by atoms with van der Waals surface area (Å²) in [5, 5.41) is 5.23. The molecular weight excluding hydrogens is 344 g/mol. The van der Waals surface area contributed by atoms with Crippen LogP contribution >= 0.6 is 11.8 Å². The largest absolute Gasteiger partial charge is 0.345 e. The molecule has 8 nitrogen and oxygen atoms in total. The zero-order chi connectivity index (χ0) is 18.2. The van der Waals surface area contributed by atoms with Gasteiger partial charge in [0.2, 0.25) is 11.8 Å². The minimum atomic E-state index is -0.914. The van der Waals surface area contributed by atoms with Crippen LogP contribution in [0.5, 0.6) is 0 Å². The first kappa shape index (κ1) is 18.8. The lowest BCUT2D eigenvalue weighted by molar-refractivity contribution is -0.140. The molecule has 0 radical (unpaired) electrons. The van der Waals surface area contributed by atoms with Gasteiger partial charge in [-0.05, 0) is 37.5 Å². The van der Waals surface area contributed by atoms with Crippen molar-refractivity contribution in [2.45, 2.75) is 25.8 Å². The molecule has 9 heteroatoms. The predicted octanol–water partition coefficient (Wildman–Crippen LogP) is 0.0927. The maximum Gasteiger partial charge on any atom is 0.327 e. The van der Waals surface area contributed by atoms with Gasteiger partial charge in [-0.15, -0.1) is 11.8 Å². The molecule has 1 saturated carbocycles. The van der Waals surface area contributed by atoms with E-state index in [0.717, 1.165) is 30.2 Å². The number of hydrazine groups is 1. The van der Waals surface area contributed by atoms with Crippen LogP contribution in [0, 0.1) is 6.92 Å². The Hall–Kier alpha value is -2.55. The molecule has 0 aromatic heterocycles. The molecule has 0 spiro atoms. The smallest absolute Gasteiger partial charge is 0.327 e. The van der Waals surface area contributed by atoms with E-state index in [9.17, 15) is 19.2 Å². The van der Waals surface area contributed by atoms with Crippen molar-refractivity contribution >= 4 is 41.1 Å². The van der Waals surface area contributed by atoms with Gasteiger partial charge in [0.05, 0.1) is 11.5 Å². The molecule has 25 heavy (non-hydrogen) atoms. The zero-order valence-corrected chi connectivity index (χ0v) is 14.6. The van der Waals surface area contributed by atoms with Crippen molar-refractivity contribution in [2.75, 3.05) is 16.8 Å². The molecule has 0 heterocycles. The fourth-order valence-corrected chi connectivity index (χ4v) is 2.47. The van der Waals surface area contributed by atoms with Gasteiger partial charge < -0.3 is 10.6 Å². The highest BCUT2D eigenvalue weighted by atomic mass is 32.2. The molecular formula is C16H20N4O4S. The Morgan fingerprint density at radius 3 is 2.44 bits per heavy atom. The van der Waals surface area contributed by atoms with Crippen molar-refractivity contribution in [1.82, 2.24) is 16.2 Å². The molecule has 1 aromatic carbocycles.